The SMILES string of the molecule is COCCC(=O)N1CCC(Nc2ncnc3cc(Cl)ccc23)CC1. The Balaban J connectivity index is 1.61. The van der Waals surface area contributed by atoms with Gasteiger partial charge < -0.3 is 15.0 Å². The molecule has 0 spiro atoms. The van der Waals surface area contributed by atoms with Gasteiger partial charge in [-0.15, -0.1) is 0 Å². The minimum atomic E-state index is 0.164. The van der Waals surface area contributed by atoms with Gasteiger partial charge in [-0.1, -0.05) is 11.6 Å². The van der Waals surface area contributed by atoms with Crippen LogP contribution in [-0.4, -0.2) is 53.6 Å². The number of fused-ring (bicyclic) bond motifs is 1. The van der Waals surface area contributed by atoms with Crippen molar-refractivity contribution in [3.8, 4) is 0 Å². The maximum absolute atomic E-state index is 12.0. The predicted molar refractivity (Wildman–Crippen MR) is 94.3 cm³/mol. The first-order valence-electron chi connectivity index (χ1n) is 8.11. The lowest BCUT2D eigenvalue weighted by Gasteiger charge is -2.32. The van der Waals surface area contributed by atoms with E-state index in [2.05, 4.69) is 15.3 Å². The highest BCUT2D eigenvalue weighted by atomic mass is 35.5. The number of anilines is 1. The zero-order chi connectivity index (χ0) is 16.9. The largest absolute Gasteiger partial charge is 0.384 e. The summed E-state index contributed by atoms with van der Waals surface area (Å²) in [5, 5.41) is 5.11. The van der Waals surface area contributed by atoms with Gasteiger partial charge in [0.1, 0.15) is 12.1 Å². The van der Waals surface area contributed by atoms with Crippen LogP contribution in [0.2, 0.25) is 5.02 Å². The second-order valence-electron chi connectivity index (χ2n) is 5.93. The molecule has 3 rings (SSSR count). The molecule has 2 heterocycles. The number of rotatable bonds is 5. The first kappa shape index (κ1) is 16.9. The topological polar surface area (TPSA) is 67.3 Å². The molecular weight excluding hydrogens is 328 g/mol. The molecule has 0 radical (unpaired) electrons. The average Bonchev–Trinajstić information content (AvgIpc) is 2.60. The molecule has 1 aromatic heterocycles. The highest BCUT2D eigenvalue weighted by molar-refractivity contribution is 6.31. The molecule has 1 aromatic carbocycles. The number of likely N-dealkylation sites (tertiary alicyclic amines) is 1. The van der Waals surface area contributed by atoms with E-state index in [0.29, 0.717) is 24.1 Å². The smallest absolute Gasteiger partial charge is 0.224 e. The second-order valence-corrected chi connectivity index (χ2v) is 6.36. The van der Waals surface area contributed by atoms with Crippen molar-refractivity contribution in [1.82, 2.24) is 14.9 Å². The molecule has 1 aliphatic heterocycles. The molecule has 1 N–H and O–H groups in total. The van der Waals surface area contributed by atoms with Gasteiger partial charge in [-0.3, -0.25) is 4.79 Å². The van der Waals surface area contributed by atoms with Crippen LogP contribution in [0.15, 0.2) is 24.5 Å². The van der Waals surface area contributed by atoms with E-state index in [0.717, 1.165) is 42.7 Å². The Hall–Kier alpha value is -1.92. The zero-order valence-electron chi connectivity index (χ0n) is 13.7. The number of carbonyl (C=O) groups excluding carboxylic acids is 1. The van der Waals surface area contributed by atoms with Crippen molar-refractivity contribution < 1.29 is 9.53 Å². The molecule has 1 amide bonds. The van der Waals surface area contributed by atoms with E-state index in [1.807, 2.05) is 23.1 Å². The number of nitrogens with one attached hydrogen (secondary N) is 1. The third-order valence-corrected chi connectivity index (χ3v) is 4.54. The Kier molecular flexibility index (Phi) is 5.48. The Labute approximate surface area is 146 Å². The van der Waals surface area contributed by atoms with Crippen molar-refractivity contribution in [3.05, 3.63) is 29.5 Å². The van der Waals surface area contributed by atoms with Crippen LogP contribution in [0, 0.1) is 0 Å². The quantitative estimate of drug-likeness (QED) is 0.899. The standard InChI is InChI=1S/C17H21ClN4O2/c1-24-9-6-16(23)22-7-4-13(5-8-22)21-17-14-3-2-12(18)10-15(14)19-11-20-17/h2-3,10-11,13H,4-9H2,1H3,(H,19,20,21). The van der Waals surface area contributed by atoms with E-state index < -0.39 is 0 Å². The number of piperidine rings is 1. The van der Waals surface area contributed by atoms with E-state index in [4.69, 9.17) is 16.3 Å². The van der Waals surface area contributed by atoms with Crippen molar-refractivity contribution in [1.29, 1.82) is 0 Å². The molecule has 0 aliphatic carbocycles. The van der Waals surface area contributed by atoms with Gasteiger partial charge in [0.05, 0.1) is 18.5 Å². The zero-order valence-corrected chi connectivity index (χ0v) is 14.4. The first-order valence-corrected chi connectivity index (χ1v) is 8.48. The molecule has 24 heavy (non-hydrogen) atoms. The average molecular weight is 349 g/mol. The number of amides is 1. The molecule has 1 saturated heterocycles. The van der Waals surface area contributed by atoms with E-state index in [1.54, 1.807) is 13.4 Å². The summed E-state index contributed by atoms with van der Waals surface area (Å²) in [5.74, 6) is 0.984. The third-order valence-electron chi connectivity index (χ3n) is 4.31. The van der Waals surface area contributed by atoms with E-state index in [9.17, 15) is 4.79 Å². The predicted octanol–water partition coefficient (Wildman–Crippen LogP) is 2.72. The highest BCUT2D eigenvalue weighted by Gasteiger charge is 2.23. The first-order chi connectivity index (χ1) is 11.7. The fourth-order valence-electron chi connectivity index (χ4n) is 2.96. The molecule has 7 heteroatoms. The fourth-order valence-corrected chi connectivity index (χ4v) is 3.13. The van der Waals surface area contributed by atoms with E-state index >= 15 is 0 Å². The lowest BCUT2D eigenvalue weighted by molar-refractivity contribution is -0.133. The van der Waals surface area contributed by atoms with Gasteiger partial charge in [-0.05, 0) is 31.0 Å². The van der Waals surface area contributed by atoms with Gasteiger partial charge in [0, 0.05) is 36.7 Å². The molecule has 128 valence electrons. The summed E-state index contributed by atoms with van der Waals surface area (Å²) in [7, 11) is 1.61. The molecule has 0 bridgehead atoms. The lowest BCUT2D eigenvalue weighted by Crippen LogP contribution is -2.42. The summed E-state index contributed by atoms with van der Waals surface area (Å²) in [6.45, 7) is 2.00. The van der Waals surface area contributed by atoms with Crippen LogP contribution in [0.5, 0.6) is 0 Å². The molecule has 2 aromatic rings. The third kappa shape index (κ3) is 3.94. The van der Waals surface area contributed by atoms with Crippen molar-refractivity contribution >= 4 is 34.2 Å². The normalized spacial score (nSPS) is 15.7. The molecule has 1 aliphatic rings. The van der Waals surface area contributed by atoms with Gasteiger partial charge in [0.15, 0.2) is 0 Å². The summed E-state index contributed by atoms with van der Waals surface area (Å²) in [6.07, 6.45) is 3.80. The van der Waals surface area contributed by atoms with Crippen LogP contribution < -0.4 is 5.32 Å². The van der Waals surface area contributed by atoms with Gasteiger partial charge in [0.25, 0.3) is 0 Å². The number of nitrogens with zero attached hydrogens (tertiary/aromatic N) is 3. The van der Waals surface area contributed by atoms with Crippen LogP contribution in [0.3, 0.4) is 0 Å². The number of aromatic nitrogens is 2. The Bertz CT molecular complexity index is 717. The van der Waals surface area contributed by atoms with Crippen molar-refractivity contribution in [2.24, 2.45) is 0 Å². The second kappa shape index (κ2) is 7.77. The molecular formula is C17H21ClN4O2. The number of carbonyl (C=O) groups is 1. The number of hydrogen-bond acceptors (Lipinski definition) is 5. The molecule has 0 saturated carbocycles. The number of hydrogen-bond donors (Lipinski definition) is 1. The van der Waals surface area contributed by atoms with Crippen LogP contribution in [0.25, 0.3) is 10.9 Å². The summed E-state index contributed by atoms with van der Waals surface area (Å²) in [4.78, 5) is 22.6. The maximum atomic E-state index is 12.0. The van der Waals surface area contributed by atoms with Gasteiger partial charge in [-0.2, -0.15) is 0 Å². The van der Waals surface area contributed by atoms with Gasteiger partial charge >= 0.3 is 0 Å². The summed E-state index contributed by atoms with van der Waals surface area (Å²) in [6, 6.07) is 5.91. The summed E-state index contributed by atoms with van der Waals surface area (Å²) < 4.78 is 4.97. The Morgan fingerprint density at radius 1 is 1.38 bits per heavy atom. The van der Waals surface area contributed by atoms with E-state index in [1.165, 1.54) is 0 Å². The van der Waals surface area contributed by atoms with Crippen LogP contribution in [0.4, 0.5) is 5.82 Å². The summed E-state index contributed by atoms with van der Waals surface area (Å²) in [5.41, 5.74) is 0.826. The van der Waals surface area contributed by atoms with Crippen LogP contribution in [0.1, 0.15) is 19.3 Å². The van der Waals surface area contributed by atoms with Gasteiger partial charge in [0.2, 0.25) is 5.91 Å². The molecule has 0 atom stereocenters. The number of ether oxygens (including phenoxy) is 1. The highest BCUT2D eigenvalue weighted by Crippen LogP contribution is 2.24. The fraction of sp³-hybridized carbons (Fsp3) is 0.471. The number of methoxy groups -OCH3 is 1. The number of benzene rings is 1. The van der Waals surface area contributed by atoms with Crippen LogP contribution >= 0.6 is 11.6 Å². The van der Waals surface area contributed by atoms with Crippen molar-refractivity contribution in [2.45, 2.75) is 25.3 Å². The van der Waals surface area contributed by atoms with Crippen molar-refractivity contribution in [2.75, 3.05) is 32.1 Å². The molecule has 0 unspecified atom stereocenters. The minimum absolute atomic E-state index is 0.164. The Morgan fingerprint density at radius 3 is 2.92 bits per heavy atom. The number of halogens is 1. The monoisotopic (exact) mass is 348 g/mol. The molecule has 6 nitrogen and oxygen atoms in total. The van der Waals surface area contributed by atoms with Crippen LogP contribution in [-0.2, 0) is 9.53 Å². The Morgan fingerprint density at radius 2 is 2.17 bits per heavy atom. The molecule has 1 fully saturated rings. The van der Waals surface area contributed by atoms with Gasteiger partial charge in [-0.25, -0.2) is 9.97 Å². The minimum Gasteiger partial charge on any atom is -0.384 e. The lowest BCUT2D eigenvalue weighted by atomic mass is 10.0. The van der Waals surface area contributed by atoms with Crippen molar-refractivity contribution in [3.63, 3.8) is 0 Å². The maximum Gasteiger partial charge on any atom is 0.224 e. The summed E-state index contributed by atoms with van der Waals surface area (Å²) >= 11 is 6.02. The van der Waals surface area contributed by atoms with E-state index in [-0.39, 0.29) is 5.91 Å².